The molecule has 0 heterocycles. The van der Waals surface area contributed by atoms with Gasteiger partial charge in [-0.2, -0.15) is 0 Å². The minimum absolute atomic E-state index is 0.639. The second-order valence-electron chi connectivity index (χ2n) is 4.32. The Morgan fingerprint density at radius 2 is 1.84 bits per heavy atom. The standard InChI is InChI=1S/C16H18ClNO/c1-2-11-18-12-13-7-6-10-15(17)16(13)19-14-8-4-3-5-9-14/h3-10,18H,2,11-12H2,1H3. The lowest BCUT2D eigenvalue weighted by Gasteiger charge is -2.13. The van der Waals surface area contributed by atoms with Gasteiger partial charge in [0.15, 0.2) is 0 Å². The predicted octanol–water partition coefficient (Wildman–Crippen LogP) is 4.63. The zero-order valence-electron chi connectivity index (χ0n) is 11.0. The maximum Gasteiger partial charge on any atom is 0.150 e. The highest BCUT2D eigenvalue weighted by Gasteiger charge is 2.09. The van der Waals surface area contributed by atoms with Crippen LogP contribution in [0.4, 0.5) is 0 Å². The van der Waals surface area contributed by atoms with E-state index >= 15 is 0 Å². The minimum Gasteiger partial charge on any atom is -0.455 e. The Morgan fingerprint density at radius 1 is 1.05 bits per heavy atom. The smallest absolute Gasteiger partial charge is 0.150 e. The van der Waals surface area contributed by atoms with Gasteiger partial charge in [0.1, 0.15) is 11.5 Å². The molecule has 0 aliphatic heterocycles. The van der Waals surface area contributed by atoms with E-state index in [1.165, 1.54) is 0 Å². The zero-order chi connectivity index (χ0) is 13.5. The monoisotopic (exact) mass is 275 g/mol. The average molecular weight is 276 g/mol. The lowest BCUT2D eigenvalue weighted by Crippen LogP contribution is -2.14. The van der Waals surface area contributed by atoms with E-state index in [2.05, 4.69) is 12.2 Å². The first kappa shape index (κ1) is 13.9. The number of rotatable bonds is 6. The molecule has 0 spiro atoms. The van der Waals surface area contributed by atoms with Crippen LogP contribution in [0.5, 0.6) is 11.5 Å². The van der Waals surface area contributed by atoms with Gasteiger partial charge in [-0.05, 0) is 31.2 Å². The van der Waals surface area contributed by atoms with Crippen molar-refractivity contribution < 1.29 is 4.74 Å². The summed E-state index contributed by atoms with van der Waals surface area (Å²) < 4.78 is 5.90. The van der Waals surface area contributed by atoms with Crippen molar-refractivity contribution in [1.29, 1.82) is 0 Å². The van der Waals surface area contributed by atoms with Gasteiger partial charge in [-0.25, -0.2) is 0 Å². The second-order valence-corrected chi connectivity index (χ2v) is 4.73. The van der Waals surface area contributed by atoms with Crippen molar-refractivity contribution in [3.05, 3.63) is 59.1 Å². The van der Waals surface area contributed by atoms with Crippen LogP contribution in [0.2, 0.25) is 5.02 Å². The molecule has 0 saturated carbocycles. The lowest BCUT2D eigenvalue weighted by molar-refractivity contribution is 0.473. The summed E-state index contributed by atoms with van der Waals surface area (Å²) in [6.07, 6.45) is 1.11. The highest BCUT2D eigenvalue weighted by molar-refractivity contribution is 6.32. The molecule has 0 aromatic heterocycles. The summed E-state index contributed by atoms with van der Waals surface area (Å²) in [5.41, 5.74) is 1.07. The fourth-order valence-corrected chi connectivity index (χ4v) is 2.05. The SMILES string of the molecule is CCCNCc1cccc(Cl)c1Oc1ccccc1. The van der Waals surface area contributed by atoms with Gasteiger partial charge in [0, 0.05) is 12.1 Å². The third kappa shape index (κ3) is 3.98. The second kappa shape index (κ2) is 7.17. The molecule has 0 bridgehead atoms. The molecule has 2 rings (SSSR count). The van der Waals surface area contributed by atoms with Gasteiger partial charge in [-0.3, -0.25) is 0 Å². The molecule has 2 aromatic rings. The molecule has 0 aliphatic carbocycles. The third-order valence-corrected chi connectivity index (χ3v) is 3.05. The molecular formula is C16H18ClNO. The molecule has 0 atom stereocenters. The molecule has 0 saturated heterocycles. The summed E-state index contributed by atoms with van der Waals surface area (Å²) in [7, 11) is 0. The van der Waals surface area contributed by atoms with E-state index in [4.69, 9.17) is 16.3 Å². The summed E-state index contributed by atoms with van der Waals surface area (Å²) in [6.45, 7) is 3.89. The van der Waals surface area contributed by atoms with Crippen LogP contribution in [-0.4, -0.2) is 6.54 Å². The highest BCUT2D eigenvalue weighted by Crippen LogP contribution is 2.32. The van der Waals surface area contributed by atoms with Crippen molar-refractivity contribution in [1.82, 2.24) is 5.32 Å². The van der Waals surface area contributed by atoms with Crippen LogP contribution in [0.15, 0.2) is 48.5 Å². The minimum atomic E-state index is 0.639. The topological polar surface area (TPSA) is 21.3 Å². The molecule has 2 nitrogen and oxygen atoms in total. The predicted molar refractivity (Wildman–Crippen MR) is 80.0 cm³/mol. The Kier molecular flexibility index (Phi) is 5.25. The van der Waals surface area contributed by atoms with E-state index in [9.17, 15) is 0 Å². The number of hydrogen-bond donors (Lipinski definition) is 1. The highest BCUT2D eigenvalue weighted by atomic mass is 35.5. The van der Waals surface area contributed by atoms with E-state index in [-0.39, 0.29) is 0 Å². The van der Waals surface area contributed by atoms with Crippen molar-refractivity contribution in [2.75, 3.05) is 6.54 Å². The molecule has 0 aliphatic rings. The van der Waals surface area contributed by atoms with Crippen molar-refractivity contribution in [2.24, 2.45) is 0 Å². The van der Waals surface area contributed by atoms with Gasteiger partial charge in [0.05, 0.1) is 5.02 Å². The van der Waals surface area contributed by atoms with Gasteiger partial charge >= 0.3 is 0 Å². The summed E-state index contributed by atoms with van der Waals surface area (Å²) in [5, 5.41) is 4.00. The van der Waals surface area contributed by atoms with Crippen molar-refractivity contribution >= 4 is 11.6 Å². The molecular weight excluding hydrogens is 258 g/mol. The van der Waals surface area contributed by atoms with Crippen LogP contribution in [0, 0.1) is 0 Å². The number of para-hydroxylation sites is 2. The van der Waals surface area contributed by atoms with E-state index in [0.717, 1.165) is 36.6 Å². The molecule has 0 radical (unpaired) electrons. The molecule has 19 heavy (non-hydrogen) atoms. The first-order valence-corrected chi connectivity index (χ1v) is 6.90. The molecule has 3 heteroatoms. The molecule has 2 aromatic carbocycles. The Labute approximate surface area is 119 Å². The van der Waals surface area contributed by atoms with Gasteiger partial charge < -0.3 is 10.1 Å². The average Bonchev–Trinajstić information content (AvgIpc) is 2.44. The number of halogens is 1. The number of ether oxygens (including phenoxy) is 1. The number of hydrogen-bond acceptors (Lipinski definition) is 2. The van der Waals surface area contributed by atoms with Gasteiger partial charge in [0.25, 0.3) is 0 Å². The summed E-state index contributed by atoms with van der Waals surface area (Å²) in [5.74, 6) is 1.53. The van der Waals surface area contributed by atoms with Gasteiger partial charge in [-0.1, -0.05) is 48.9 Å². The number of nitrogens with one attached hydrogen (secondary N) is 1. The normalized spacial score (nSPS) is 10.4. The quantitative estimate of drug-likeness (QED) is 0.776. The van der Waals surface area contributed by atoms with Crippen molar-refractivity contribution in [3.8, 4) is 11.5 Å². The number of benzene rings is 2. The summed E-state index contributed by atoms with van der Waals surface area (Å²) >= 11 is 6.24. The molecule has 0 fully saturated rings. The van der Waals surface area contributed by atoms with Crippen molar-refractivity contribution in [3.63, 3.8) is 0 Å². The molecule has 0 amide bonds. The van der Waals surface area contributed by atoms with E-state index in [1.807, 2.05) is 48.5 Å². The molecule has 0 unspecified atom stereocenters. The first-order chi connectivity index (χ1) is 9.31. The van der Waals surface area contributed by atoms with Crippen LogP contribution < -0.4 is 10.1 Å². The molecule has 100 valence electrons. The summed E-state index contributed by atoms with van der Waals surface area (Å²) in [4.78, 5) is 0. The zero-order valence-corrected chi connectivity index (χ0v) is 11.8. The van der Waals surface area contributed by atoms with Gasteiger partial charge in [-0.15, -0.1) is 0 Å². The summed E-state index contributed by atoms with van der Waals surface area (Å²) in [6, 6.07) is 15.5. The fourth-order valence-electron chi connectivity index (χ4n) is 1.81. The maximum atomic E-state index is 6.24. The fraction of sp³-hybridized carbons (Fsp3) is 0.250. The van der Waals surface area contributed by atoms with E-state index in [1.54, 1.807) is 0 Å². The first-order valence-electron chi connectivity index (χ1n) is 6.52. The van der Waals surface area contributed by atoms with Crippen LogP contribution in [0.1, 0.15) is 18.9 Å². The Balaban J connectivity index is 2.18. The van der Waals surface area contributed by atoms with E-state index in [0.29, 0.717) is 5.02 Å². The van der Waals surface area contributed by atoms with Crippen LogP contribution >= 0.6 is 11.6 Å². The third-order valence-electron chi connectivity index (χ3n) is 2.75. The van der Waals surface area contributed by atoms with Crippen LogP contribution in [0.3, 0.4) is 0 Å². The van der Waals surface area contributed by atoms with E-state index < -0.39 is 0 Å². The largest absolute Gasteiger partial charge is 0.455 e. The molecule has 1 N–H and O–H groups in total. The maximum absolute atomic E-state index is 6.24. The lowest BCUT2D eigenvalue weighted by atomic mass is 10.2. The van der Waals surface area contributed by atoms with Crippen LogP contribution in [-0.2, 0) is 6.54 Å². The van der Waals surface area contributed by atoms with Crippen molar-refractivity contribution in [2.45, 2.75) is 19.9 Å². The Hall–Kier alpha value is -1.51. The van der Waals surface area contributed by atoms with Crippen LogP contribution in [0.25, 0.3) is 0 Å². The van der Waals surface area contributed by atoms with Gasteiger partial charge in [0.2, 0.25) is 0 Å². The Morgan fingerprint density at radius 3 is 2.58 bits per heavy atom. The Bertz CT molecular complexity index is 513.